The summed E-state index contributed by atoms with van der Waals surface area (Å²) in [5.41, 5.74) is 0.815. The summed E-state index contributed by atoms with van der Waals surface area (Å²) in [5, 5.41) is 0.886. The third-order valence-corrected chi connectivity index (χ3v) is 3.87. The highest BCUT2D eigenvalue weighted by Gasteiger charge is 2.26. The standard InChI is InChI=1S/C18H24N2O3/c1-6-16(21)20(18(2,3)4)11-13-9-12-10-14(23-5)7-8-15(12)19-17(13)22/h7-10H,6,11H2,1-5H3,(H,19,22). The number of fused-ring (bicyclic) bond motifs is 1. The van der Waals surface area contributed by atoms with Crippen molar-refractivity contribution in [2.45, 2.75) is 46.2 Å². The molecular formula is C18H24N2O3. The molecule has 23 heavy (non-hydrogen) atoms. The van der Waals surface area contributed by atoms with Crippen LogP contribution >= 0.6 is 0 Å². The first-order chi connectivity index (χ1) is 10.8. The molecule has 2 rings (SSSR count). The van der Waals surface area contributed by atoms with Gasteiger partial charge in [-0.05, 0) is 45.0 Å². The molecule has 0 bridgehead atoms. The molecule has 1 N–H and O–H groups in total. The number of H-pyrrole nitrogens is 1. The topological polar surface area (TPSA) is 62.4 Å². The fourth-order valence-electron chi connectivity index (χ4n) is 2.53. The van der Waals surface area contributed by atoms with Gasteiger partial charge in [0.1, 0.15) is 5.75 Å². The van der Waals surface area contributed by atoms with Gasteiger partial charge in [0.15, 0.2) is 0 Å². The Kier molecular flexibility index (Phi) is 4.78. The van der Waals surface area contributed by atoms with E-state index in [1.54, 1.807) is 18.1 Å². The third-order valence-electron chi connectivity index (χ3n) is 3.87. The SMILES string of the molecule is CCC(=O)N(Cc1cc2cc(OC)ccc2[nH]c1=O)C(C)(C)C. The number of ether oxygens (including phenoxy) is 1. The van der Waals surface area contributed by atoms with E-state index in [2.05, 4.69) is 4.98 Å². The molecule has 1 heterocycles. The molecule has 0 unspecified atom stereocenters. The number of hydrogen-bond acceptors (Lipinski definition) is 3. The second kappa shape index (κ2) is 6.44. The molecule has 0 fully saturated rings. The first-order valence-corrected chi connectivity index (χ1v) is 7.76. The van der Waals surface area contributed by atoms with E-state index in [4.69, 9.17) is 4.74 Å². The molecule has 0 saturated heterocycles. The van der Waals surface area contributed by atoms with E-state index >= 15 is 0 Å². The molecule has 0 radical (unpaired) electrons. The highest BCUT2D eigenvalue weighted by molar-refractivity contribution is 5.81. The number of rotatable bonds is 4. The minimum atomic E-state index is -0.344. The largest absolute Gasteiger partial charge is 0.497 e. The van der Waals surface area contributed by atoms with Crippen LogP contribution in [0.15, 0.2) is 29.1 Å². The average Bonchev–Trinajstić information content (AvgIpc) is 2.50. The molecule has 0 aliphatic carbocycles. The predicted molar refractivity (Wildman–Crippen MR) is 91.7 cm³/mol. The Morgan fingerprint density at radius 2 is 1.96 bits per heavy atom. The molecule has 0 saturated carbocycles. The molecular weight excluding hydrogens is 292 g/mol. The molecule has 5 heteroatoms. The van der Waals surface area contributed by atoms with Gasteiger partial charge in [-0.1, -0.05) is 6.92 Å². The third kappa shape index (κ3) is 3.73. The van der Waals surface area contributed by atoms with Crippen LogP contribution in [0.2, 0.25) is 0 Å². The van der Waals surface area contributed by atoms with Gasteiger partial charge in [-0.25, -0.2) is 0 Å². The zero-order valence-corrected chi connectivity index (χ0v) is 14.4. The fourth-order valence-corrected chi connectivity index (χ4v) is 2.53. The molecule has 0 aliphatic rings. The number of carbonyl (C=O) groups is 1. The van der Waals surface area contributed by atoms with Crippen LogP contribution in [0.4, 0.5) is 0 Å². The van der Waals surface area contributed by atoms with Gasteiger partial charge in [-0.3, -0.25) is 9.59 Å². The Balaban J connectivity index is 2.47. The number of methoxy groups -OCH3 is 1. The van der Waals surface area contributed by atoms with Crippen molar-refractivity contribution in [3.8, 4) is 5.75 Å². The van der Waals surface area contributed by atoms with Gasteiger partial charge in [0.2, 0.25) is 5.91 Å². The van der Waals surface area contributed by atoms with Crippen LogP contribution in [0.25, 0.3) is 10.9 Å². The summed E-state index contributed by atoms with van der Waals surface area (Å²) in [6.45, 7) is 8.03. The van der Waals surface area contributed by atoms with Gasteiger partial charge in [0.05, 0.1) is 13.7 Å². The summed E-state index contributed by atoms with van der Waals surface area (Å²) in [6.07, 6.45) is 0.413. The highest BCUT2D eigenvalue weighted by atomic mass is 16.5. The number of amides is 1. The maximum atomic E-state index is 12.3. The number of benzene rings is 1. The molecule has 1 aromatic heterocycles. The van der Waals surface area contributed by atoms with Crippen LogP contribution in [-0.2, 0) is 11.3 Å². The molecule has 1 aromatic carbocycles. The van der Waals surface area contributed by atoms with Crippen LogP contribution < -0.4 is 10.3 Å². The number of hydrogen-bond donors (Lipinski definition) is 1. The smallest absolute Gasteiger partial charge is 0.253 e. The molecule has 1 amide bonds. The van der Waals surface area contributed by atoms with Crippen LogP contribution in [0.3, 0.4) is 0 Å². The van der Waals surface area contributed by atoms with Gasteiger partial charge < -0.3 is 14.6 Å². The minimum Gasteiger partial charge on any atom is -0.497 e. The summed E-state index contributed by atoms with van der Waals surface area (Å²) in [6, 6.07) is 7.33. The van der Waals surface area contributed by atoms with E-state index < -0.39 is 0 Å². The molecule has 5 nitrogen and oxygen atoms in total. The summed E-state index contributed by atoms with van der Waals surface area (Å²) >= 11 is 0. The summed E-state index contributed by atoms with van der Waals surface area (Å²) in [5.74, 6) is 0.760. The zero-order valence-electron chi connectivity index (χ0n) is 14.4. The van der Waals surface area contributed by atoms with Crippen molar-refractivity contribution in [3.63, 3.8) is 0 Å². The van der Waals surface area contributed by atoms with Crippen molar-refractivity contribution < 1.29 is 9.53 Å². The number of pyridine rings is 1. The second-order valence-corrected chi connectivity index (χ2v) is 6.58. The lowest BCUT2D eigenvalue weighted by Gasteiger charge is -2.35. The Hall–Kier alpha value is -2.30. The summed E-state index contributed by atoms with van der Waals surface area (Å²) in [4.78, 5) is 29.2. The van der Waals surface area contributed by atoms with Gasteiger partial charge >= 0.3 is 0 Å². The van der Waals surface area contributed by atoms with Crippen LogP contribution in [0.5, 0.6) is 5.75 Å². The fraction of sp³-hybridized carbons (Fsp3) is 0.444. The number of nitrogens with zero attached hydrogens (tertiary/aromatic N) is 1. The van der Waals surface area contributed by atoms with Crippen molar-refractivity contribution in [2.75, 3.05) is 7.11 Å². The van der Waals surface area contributed by atoms with E-state index in [0.29, 0.717) is 18.5 Å². The molecule has 2 aromatic rings. The van der Waals surface area contributed by atoms with Gasteiger partial charge in [-0.15, -0.1) is 0 Å². The lowest BCUT2D eigenvalue weighted by molar-refractivity contribution is -0.136. The van der Waals surface area contributed by atoms with Crippen LogP contribution in [0.1, 0.15) is 39.7 Å². The van der Waals surface area contributed by atoms with E-state index in [-0.39, 0.29) is 17.0 Å². The lowest BCUT2D eigenvalue weighted by Crippen LogP contribution is -2.45. The van der Waals surface area contributed by atoms with E-state index in [9.17, 15) is 9.59 Å². The first kappa shape index (κ1) is 17.1. The summed E-state index contributed by atoms with van der Waals surface area (Å²) in [7, 11) is 1.61. The van der Waals surface area contributed by atoms with Crippen LogP contribution in [0, 0.1) is 0 Å². The summed E-state index contributed by atoms with van der Waals surface area (Å²) < 4.78 is 5.23. The molecule has 0 aliphatic heterocycles. The Bertz CT molecular complexity index is 772. The van der Waals surface area contributed by atoms with Crippen molar-refractivity contribution in [3.05, 3.63) is 40.2 Å². The lowest BCUT2D eigenvalue weighted by atomic mass is 10.0. The van der Waals surface area contributed by atoms with Crippen molar-refractivity contribution in [2.24, 2.45) is 0 Å². The van der Waals surface area contributed by atoms with Gasteiger partial charge in [0, 0.05) is 28.4 Å². The molecule has 0 atom stereocenters. The predicted octanol–water partition coefficient (Wildman–Crippen LogP) is 3.07. The maximum absolute atomic E-state index is 12.3. The number of nitrogens with one attached hydrogen (secondary N) is 1. The molecule has 0 spiro atoms. The van der Waals surface area contributed by atoms with E-state index in [1.807, 2.05) is 45.9 Å². The maximum Gasteiger partial charge on any atom is 0.253 e. The van der Waals surface area contributed by atoms with Gasteiger partial charge in [-0.2, -0.15) is 0 Å². The van der Waals surface area contributed by atoms with Gasteiger partial charge in [0.25, 0.3) is 5.56 Å². The average molecular weight is 316 g/mol. The Morgan fingerprint density at radius 1 is 1.26 bits per heavy atom. The number of aromatic nitrogens is 1. The number of carbonyl (C=O) groups excluding carboxylic acids is 1. The van der Waals surface area contributed by atoms with Crippen molar-refractivity contribution in [1.82, 2.24) is 9.88 Å². The second-order valence-electron chi connectivity index (χ2n) is 6.58. The van der Waals surface area contributed by atoms with Crippen molar-refractivity contribution >= 4 is 16.8 Å². The van der Waals surface area contributed by atoms with E-state index in [0.717, 1.165) is 16.7 Å². The van der Waals surface area contributed by atoms with E-state index in [1.165, 1.54) is 0 Å². The Morgan fingerprint density at radius 3 is 2.52 bits per heavy atom. The van der Waals surface area contributed by atoms with Crippen molar-refractivity contribution in [1.29, 1.82) is 0 Å². The first-order valence-electron chi connectivity index (χ1n) is 7.76. The quantitative estimate of drug-likeness (QED) is 0.943. The highest BCUT2D eigenvalue weighted by Crippen LogP contribution is 2.21. The normalized spacial score (nSPS) is 11.5. The monoisotopic (exact) mass is 316 g/mol. The molecule has 124 valence electrons. The zero-order chi connectivity index (χ0) is 17.2. The van der Waals surface area contributed by atoms with Crippen LogP contribution in [-0.4, -0.2) is 28.4 Å². The number of aromatic amines is 1. The minimum absolute atomic E-state index is 0.0302. The Labute approximate surface area is 136 Å².